The van der Waals surface area contributed by atoms with Gasteiger partial charge < -0.3 is 19.8 Å². The number of likely N-dealkylation sites (N-methyl/N-ethyl adjacent to an activating group) is 1. The van der Waals surface area contributed by atoms with Crippen molar-refractivity contribution in [3.05, 3.63) is 48.6 Å². The molecule has 0 saturated heterocycles. The number of carbonyl (C=O) groups is 1. The molecule has 0 aliphatic heterocycles. The lowest BCUT2D eigenvalue weighted by Gasteiger charge is -2.25. The maximum atomic E-state index is 12.9. The number of phosphoric ester groups is 1. The smallest absolute Gasteiger partial charge is 0.387 e. The molecule has 70 heavy (non-hydrogen) atoms. The maximum Gasteiger partial charge on any atom is 0.472 e. The minimum Gasteiger partial charge on any atom is -0.387 e. The van der Waals surface area contributed by atoms with Crippen molar-refractivity contribution in [1.82, 2.24) is 5.32 Å². The van der Waals surface area contributed by atoms with Crippen LogP contribution in [0.4, 0.5) is 0 Å². The number of amides is 1. The zero-order chi connectivity index (χ0) is 51.3. The second-order valence-corrected chi connectivity index (χ2v) is 23.2. The Morgan fingerprint density at radius 3 is 1.20 bits per heavy atom. The van der Waals surface area contributed by atoms with Crippen molar-refractivity contribution in [2.24, 2.45) is 0 Å². The fourth-order valence-corrected chi connectivity index (χ4v) is 9.52. The number of aliphatic hydroxyl groups is 1. The van der Waals surface area contributed by atoms with Crippen LogP contribution in [0, 0.1) is 0 Å². The van der Waals surface area contributed by atoms with Gasteiger partial charge in [-0.1, -0.05) is 262 Å². The van der Waals surface area contributed by atoms with Crippen molar-refractivity contribution in [3.63, 3.8) is 0 Å². The summed E-state index contributed by atoms with van der Waals surface area (Å²) in [6, 6.07) is -0.867. The quantitative estimate of drug-likeness (QED) is 0.0243. The van der Waals surface area contributed by atoms with E-state index in [0.29, 0.717) is 17.4 Å². The van der Waals surface area contributed by atoms with E-state index in [1.807, 2.05) is 27.2 Å². The Hall–Kier alpha value is -1.54. The molecule has 0 aromatic carbocycles. The summed E-state index contributed by atoms with van der Waals surface area (Å²) < 4.78 is 23.6. The lowest BCUT2D eigenvalue weighted by Crippen LogP contribution is -2.45. The topological polar surface area (TPSA) is 105 Å². The Kier molecular flexibility index (Phi) is 51.2. The van der Waals surface area contributed by atoms with Gasteiger partial charge in [-0.05, 0) is 64.2 Å². The van der Waals surface area contributed by atoms with Crippen LogP contribution in [0.1, 0.15) is 284 Å². The number of phosphoric acid groups is 1. The van der Waals surface area contributed by atoms with Crippen LogP contribution in [0.2, 0.25) is 0 Å². The van der Waals surface area contributed by atoms with Gasteiger partial charge >= 0.3 is 7.82 Å². The molecule has 0 bridgehead atoms. The molecule has 0 heterocycles. The third-order valence-electron chi connectivity index (χ3n) is 13.5. The molecule has 3 N–H and O–H groups in total. The minimum absolute atomic E-state index is 0.0539. The zero-order valence-electron chi connectivity index (χ0n) is 47.0. The van der Waals surface area contributed by atoms with Gasteiger partial charge in [0.2, 0.25) is 5.91 Å². The number of unbranched alkanes of at least 4 members (excludes halogenated alkanes) is 36. The van der Waals surface area contributed by atoms with Gasteiger partial charge in [-0.25, -0.2) is 4.57 Å². The van der Waals surface area contributed by atoms with Gasteiger partial charge in [0.25, 0.3) is 0 Å². The molecular formula is C61H118N2O6P+. The SMILES string of the molecule is CCC/C=C/CC/C=C/CC/C=C/C(O)C(COP(=O)(O)OCC[N+](C)(C)C)NC(=O)CCCCCCCCCCCCCCCCCCCCCCCCCCC/C=C\CCCCCCCCCC. The summed E-state index contributed by atoms with van der Waals surface area (Å²) in [7, 11) is 1.55. The molecule has 0 aromatic heterocycles. The highest BCUT2D eigenvalue weighted by atomic mass is 31.2. The second kappa shape index (κ2) is 52.3. The normalized spacial score (nSPS) is 14.2. The Morgan fingerprint density at radius 1 is 0.471 bits per heavy atom. The monoisotopic (exact) mass is 1010 g/mol. The number of nitrogens with zero attached hydrogens (tertiary/aromatic N) is 1. The lowest BCUT2D eigenvalue weighted by molar-refractivity contribution is -0.870. The first-order valence-corrected chi connectivity index (χ1v) is 31.5. The average Bonchev–Trinajstić information content (AvgIpc) is 3.32. The fourth-order valence-electron chi connectivity index (χ4n) is 8.78. The molecule has 3 unspecified atom stereocenters. The zero-order valence-corrected chi connectivity index (χ0v) is 47.9. The van der Waals surface area contributed by atoms with Crippen LogP contribution in [0.5, 0.6) is 0 Å². The molecule has 3 atom stereocenters. The van der Waals surface area contributed by atoms with Gasteiger partial charge in [-0.2, -0.15) is 0 Å². The van der Waals surface area contributed by atoms with E-state index in [0.717, 1.165) is 51.4 Å². The van der Waals surface area contributed by atoms with E-state index in [1.54, 1.807) is 6.08 Å². The van der Waals surface area contributed by atoms with Crippen LogP contribution in [0.3, 0.4) is 0 Å². The molecule has 0 aromatic rings. The minimum atomic E-state index is -4.35. The summed E-state index contributed by atoms with van der Waals surface area (Å²) in [5.41, 5.74) is 0. The van der Waals surface area contributed by atoms with E-state index in [9.17, 15) is 19.4 Å². The standard InChI is InChI=1S/C61H117N2O6P/c1-6-8-10-12-14-16-18-19-20-21-22-23-24-25-26-27-28-29-30-31-32-33-34-35-36-37-38-39-40-41-42-43-45-47-49-51-53-55-61(65)62-59(58-69-70(66,67)68-57-56-63(3,4)5)60(64)54-52-50-48-46-44-17-15-13-11-9-7-2/h11,13,21-22,44,46,52,54,59-60,64H,6-10,12,14-20,23-43,45,47-51,53,55-58H2,1-5H3,(H-,62,65,66,67)/p+1/b13-11+,22-21-,46-44+,54-52+. The highest BCUT2D eigenvalue weighted by Crippen LogP contribution is 2.43. The van der Waals surface area contributed by atoms with E-state index in [-0.39, 0.29) is 19.1 Å². The second-order valence-electron chi connectivity index (χ2n) is 21.7. The van der Waals surface area contributed by atoms with Crippen molar-refractivity contribution in [2.75, 3.05) is 40.9 Å². The summed E-state index contributed by atoms with van der Waals surface area (Å²) in [6.07, 6.45) is 69.8. The van der Waals surface area contributed by atoms with Crippen LogP contribution in [0.15, 0.2) is 48.6 Å². The van der Waals surface area contributed by atoms with Crippen molar-refractivity contribution in [2.45, 2.75) is 296 Å². The van der Waals surface area contributed by atoms with E-state index in [1.165, 1.54) is 212 Å². The van der Waals surface area contributed by atoms with Gasteiger partial charge in [-0.3, -0.25) is 13.8 Å². The number of nitrogens with one attached hydrogen (secondary N) is 1. The Bertz CT molecular complexity index is 1280. The van der Waals surface area contributed by atoms with Crippen LogP contribution in [-0.4, -0.2) is 73.4 Å². The molecular weight excluding hydrogens is 888 g/mol. The molecule has 0 fully saturated rings. The number of quaternary nitrogens is 1. The van der Waals surface area contributed by atoms with E-state index >= 15 is 0 Å². The largest absolute Gasteiger partial charge is 0.472 e. The van der Waals surface area contributed by atoms with Crippen molar-refractivity contribution in [1.29, 1.82) is 0 Å². The summed E-state index contributed by atoms with van der Waals surface area (Å²) in [5.74, 6) is -0.189. The number of carbonyl (C=O) groups excluding carboxylic acids is 1. The number of aliphatic hydroxyl groups excluding tert-OH is 1. The van der Waals surface area contributed by atoms with Gasteiger partial charge in [0.1, 0.15) is 13.2 Å². The average molecular weight is 1010 g/mol. The number of rotatable bonds is 55. The molecule has 0 rings (SSSR count). The van der Waals surface area contributed by atoms with Crippen LogP contribution in [-0.2, 0) is 18.4 Å². The Morgan fingerprint density at radius 2 is 0.814 bits per heavy atom. The molecule has 0 aliphatic rings. The lowest BCUT2D eigenvalue weighted by atomic mass is 10.0. The number of hydrogen-bond donors (Lipinski definition) is 3. The van der Waals surface area contributed by atoms with E-state index in [2.05, 4.69) is 55.6 Å². The Labute approximate surface area is 435 Å². The maximum absolute atomic E-state index is 12.9. The van der Waals surface area contributed by atoms with E-state index in [4.69, 9.17) is 9.05 Å². The molecule has 0 aliphatic carbocycles. The first-order chi connectivity index (χ1) is 34.0. The Balaban J connectivity index is 3.87. The number of hydrogen-bond acceptors (Lipinski definition) is 5. The predicted octanol–water partition coefficient (Wildman–Crippen LogP) is 18.3. The van der Waals surface area contributed by atoms with Gasteiger partial charge in [0, 0.05) is 6.42 Å². The third-order valence-corrected chi connectivity index (χ3v) is 14.5. The van der Waals surface area contributed by atoms with Crippen molar-refractivity contribution >= 4 is 13.7 Å². The molecule has 1 amide bonds. The van der Waals surface area contributed by atoms with Gasteiger partial charge in [-0.15, -0.1) is 0 Å². The predicted molar refractivity (Wildman–Crippen MR) is 304 cm³/mol. The van der Waals surface area contributed by atoms with E-state index < -0.39 is 20.0 Å². The van der Waals surface area contributed by atoms with Gasteiger partial charge in [0.15, 0.2) is 0 Å². The molecule has 0 spiro atoms. The molecule has 412 valence electrons. The van der Waals surface area contributed by atoms with Crippen LogP contribution in [0.25, 0.3) is 0 Å². The molecule has 0 saturated carbocycles. The molecule has 8 nitrogen and oxygen atoms in total. The summed E-state index contributed by atoms with van der Waals surface area (Å²) in [6.45, 7) is 4.73. The van der Waals surface area contributed by atoms with Gasteiger partial charge in [0.05, 0.1) is 39.9 Å². The summed E-state index contributed by atoms with van der Waals surface area (Å²) >= 11 is 0. The van der Waals surface area contributed by atoms with Crippen molar-refractivity contribution < 1.29 is 32.9 Å². The third kappa shape index (κ3) is 54.2. The summed E-state index contributed by atoms with van der Waals surface area (Å²) in [4.78, 5) is 23.2. The highest BCUT2D eigenvalue weighted by Gasteiger charge is 2.27. The van der Waals surface area contributed by atoms with Crippen molar-refractivity contribution in [3.8, 4) is 0 Å². The first kappa shape index (κ1) is 68.5. The summed E-state index contributed by atoms with van der Waals surface area (Å²) in [5, 5.41) is 13.8. The number of allylic oxidation sites excluding steroid dienone is 7. The highest BCUT2D eigenvalue weighted by molar-refractivity contribution is 7.47. The van der Waals surface area contributed by atoms with Crippen LogP contribution >= 0.6 is 7.82 Å². The first-order valence-electron chi connectivity index (χ1n) is 30.0. The molecule has 0 radical (unpaired) electrons. The van der Waals surface area contributed by atoms with Crippen LogP contribution < -0.4 is 5.32 Å². The molecule has 9 heteroatoms. The fraction of sp³-hybridized carbons (Fsp3) is 0.852.